The van der Waals surface area contributed by atoms with Gasteiger partial charge in [0.15, 0.2) is 0 Å². The second-order valence-corrected chi connectivity index (χ2v) is 12.2. The van der Waals surface area contributed by atoms with E-state index in [1.807, 2.05) is 0 Å². The van der Waals surface area contributed by atoms with Crippen molar-refractivity contribution in [2.24, 2.45) is 0 Å². The first-order chi connectivity index (χ1) is 23.3. The summed E-state index contributed by atoms with van der Waals surface area (Å²) < 4.78 is 2.26. The Labute approximate surface area is 271 Å². The molecule has 2 aromatic heterocycles. The Balaban J connectivity index is 1.32. The van der Waals surface area contributed by atoms with E-state index in [0.29, 0.717) is 5.95 Å². The van der Waals surface area contributed by atoms with Gasteiger partial charge in [-0.05, 0) is 57.5 Å². The summed E-state index contributed by atoms with van der Waals surface area (Å²) in [5.41, 5.74) is 12.6. The molecule has 3 nitrogen and oxygen atoms in total. The highest BCUT2D eigenvalue weighted by Crippen LogP contribution is 2.50. The molecule has 218 valence electrons. The average molecular weight is 598 g/mol. The van der Waals surface area contributed by atoms with Gasteiger partial charge in [0.05, 0.1) is 22.2 Å². The molecule has 47 heavy (non-hydrogen) atoms. The van der Waals surface area contributed by atoms with Crippen molar-refractivity contribution in [1.29, 1.82) is 0 Å². The van der Waals surface area contributed by atoms with Crippen LogP contribution in [-0.4, -0.2) is 14.5 Å². The van der Waals surface area contributed by atoms with Crippen molar-refractivity contribution in [3.8, 4) is 28.3 Å². The Bertz CT molecular complexity index is 2720. The lowest BCUT2D eigenvalue weighted by molar-refractivity contribution is 1.02. The quantitative estimate of drug-likeness (QED) is 0.190. The van der Waals surface area contributed by atoms with Gasteiger partial charge < -0.3 is 0 Å². The SMILES string of the molecule is C(=C1\c2ccccc2-c2c1ccc1c2c2ccccc2n1-c1nc(-c2ccccc2)c2ccc3ccccc3c2n1)/c1ccccc1. The summed E-state index contributed by atoms with van der Waals surface area (Å²) in [6.07, 6.45) is 2.32. The Hall–Kier alpha value is -6.32. The standard InChI is InChI=1S/C44H27N3/c1-3-13-28(14-4-1)27-37-32-19-9-10-20-33(32)40-34(37)25-26-39-41(40)35-21-11-12-22-38(35)47(39)44-45-42(30-16-5-2-6-17-30)36-24-23-29-15-7-8-18-31(29)43(36)46-44/h1-27H/b37-27-. The van der Waals surface area contributed by atoms with Crippen LogP contribution in [-0.2, 0) is 0 Å². The zero-order chi connectivity index (χ0) is 30.9. The maximum absolute atomic E-state index is 5.38. The summed E-state index contributed by atoms with van der Waals surface area (Å²) >= 11 is 0. The number of benzene rings is 7. The highest BCUT2D eigenvalue weighted by molar-refractivity contribution is 6.22. The summed E-state index contributed by atoms with van der Waals surface area (Å²) in [5, 5.41) is 5.75. The predicted octanol–water partition coefficient (Wildman–Crippen LogP) is 11.1. The van der Waals surface area contributed by atoms with Crippen LogP contribution >= 0.6 is 0 Å². The molecule has 10 rings (SSSR count). The average Bonchev–Trinajstić information content (AvgIpc) is 3.64. The minimum Gasteiger partial charge on any atom is -0.278 e. The zero-order valence-electron chi connectivity index (χ0n) is 25.4. The summed E-state index contributed by atoms with van der Waals surface area (Å²) in [6, 6.07) is 55.9. The topological polar surface area (TPSA) is 30.7 Å². The van der Waals surface area contributed by atoms with Crippen molar-refractivity contribution in [2.45, 2.75) is 0 Å². The molecule has 1 aliphatic carbocycles. The van der Waals surface area contributed by atoms with Crippen molar-refractivity contribution in [1.82, 2.24) is 14.5 Å². The number of aromatic nitrogens is 3. The number of fused-ring (bicyclic) bond motifs is 10. The van der Waals surface area contributed by atoms with Gasteiger partial charge in [0.25, 0.3) is 0 Å². The lowest BCUT2D eigenvalue weighted by atomic mass is 9.98. The third-order valence-corrected chi connectivity index (χ3v) is 9.55. The van der Waals surface area contributed by atoms with E-state index in [9.17, 15) is 0 Å². The third-order valence-electron chi connectivity index (χ3n) is 9.55. The van der Waals surface area contributed by atoms with Crippen molar-refractivity contribution in [3.63, 3.8) is 0 Å². The highest BCUT2D eigenvalue weighted by Gasteiger charge is 2.28. The molecule has 0 amide bonds. The van der Waals surface area contributed by atoms with Crippen LogP contribution < -0.4 is 0 Å². The van der Waals surface area contributed by atoms with E-state index in [1.165, 1.54) is 44.2 Å². The van der Waals surface area contributed by atoms with E-state index in [1.54, 1.807) is 0 Å². The third kappa shape index (κ3) is 3.87. The first-order valence-corrected chi connectivity index (χ1v) is 16.0. The van der Waals surface area contributed by atoms with Gasteiger partial charge >= 0.3 is 0 Å². The summed E-state index contributed by atoms with van der Waals surface area (Å²) in [4.78, 5) is 10.8. The Morgan fingerprint density at radius 2 is 1.17 bits per heavy atom. The largest absolute Gasteiger partial charge is 0.278 e. The molecule has 0 radical (unpaired) electrons. The number of rotatable bonds is 3. The van der Waals surface area contributed by atoms with Gasteiger partial charge in [0.1, 0.15) is 0 Å². The van der Waals surface area contributed by atoms with Crippen LogP contribution in [0.25, 0.3) is 83.5 Å². The minimum atomic E-state index is 0.671. The molecule has 3 heteroatoms. The fourth-order valence-electron chi connectivity index (χ4n) is 7.50. The molecule has 0 bridgehead atoms. The van der Waals surface area contributed by atoms with E-state index >= 15 is 0 Å². The lowest BCUT2D eigenvalue weighted by Crippen LogP contribution is -2.04. The van der Waals surface area contributed by atoms with Crippen molar-refractivity contribution in [3.05, 3.63) is 174 Å². The molecule has 0 saturated carbocycles. The molecule has 2 heterocycles. The monoisotopic (exact) mass is 597 g/mol. The second kappa shape index (κ2) is 10.1. The van der Waals surface area contributed by atoms with Gasteiger partial charge in [-0.2, -0.15) is 0 Å². The van der Waals surface area contributed by atoms with Gasteiger partial charge in [-0.15, -0.1) is 0 Å². The first-order valence-electron chi connectivity index (χ1n) is 16.0. The molecule has 0 spiro atoms. The summed E-state index contributed by atoms with van der Waals surface area (Å²) in [5.74, 6) is 0.671. The van der Waals surface area contributed by atoms with E-state index in [0.717, 1.165) is 44.0 Å². The van der Waals surface area contributed by atoms with Crippen molar-refractivity contribution in [2.75, 3.05) is 0 Å². The van der Waals surface area contributed by atoms with Gasteiger partial charge in [-0.25, -0.2) is 9.97 Å². The number of para-hydroxylation sites is 1. The highest BCUT2D eigenvalue weighted by atomic mass is 15.2. The molecular formula is C44H27N3. The van der Waals surface area contributed by atoms with Crippen molar-refractivity contribution < 1.29 is 0 Å². The molecule has 1 aliphatic rings. The fraction of sp³-hybridized carbons (Fsp3) is 0. The van der Waals surface area contributed by atoms with E-state index in [2.05, 4.69) is 168 Å². The summed E-state index contributed by atoms with van der Waals surface area (Å²) in [6.45, 7) is 0. The Morgan fingerprint density at radius 3 is 2.02 bits per heavy atom. The predicted molar refractivity (Wildman–Crippen MR) is 196 cm³/mol. The van der Waals surface area contributed by atoms with Crippen LogP contribution in [0.5, 0.6) is 0 Å². The van der Waals surface area contributed by atoms with E-state index in [4.69, 9.17) is 9.97 Å². The van der Waals surface area contributed by atoms with Crippen LogP contribution in [0.3, 0.4) is 0 Å². The normalized spacial score (nSPS) is 13.1. The van der Waals surface area contributed by atoms with Gasteiger partial charge in [-0.3, -0.25) is 4.57 Å². The van der Waals surface area contributed by atoms with Gasteiger partial charge in [0.2, 0.25) is 5.95 Å². The lowest BCUT2D eigenvalue weighted by Gasteiger charge is -2.13. The second-order valence-electron chi connectivity index (χ2n) is 12.2. The van der Waals surface area contributed by atoms with Gasteiger partial charge in [-0.1, -0.05) is 140 Å². The molecule has 9 aromatic rings. The maximum Gasteiger partial charge on any atom is 0.235 e. The number of hydrogen-bond donors (Lipinski definition) is 0. The van der Waals surface area contributed by atoms with Gasteiger partial charge in [0, 0.05) is 32.7 Å². The molecule has 0 unspecified atom stereocenters. The molecule has 0 saturated heterocycles. The van der Waals surface area contributed by atoms with E-state index in [-0.39, 0.29) is 0 Å². The molecule has 0 atom stereocenters. The molecular weight excluding hydrogens is 571 g/mol. The van der Waals surface area contributed by atoms with Crippen LogP contribution in [0.2, 0.25) is 0 Å². The number of hydrogen-bond acceptors (Lipinski definition) is 2. The van der Waals surface area contributed by atoms with E-state index < -0.39 is 0 Å². The molecule has 0 aliphatic heterocycles. The number of nitrogens with zero attached hydrogens (tertiary/aromatic N) is 3. The van der Waals surface area contributed by atoms with Crippen LogP contribution in [0, 0.1) is 0 Å². The molecule has 7 aromatic carbocycles. The minimum absolute atomic E-state index is 0.671. The Morgan fingerprint density at radius 1 is 0.468 bits per heavy atom. The van der Waals surface area contributed by atoms with Crippen LogP contribution in [0.4, 0.5) is 0 Å². The molecule has 0 fully saturated rings. The molecule has 0 N–H and O–H groups in total. The smallest absolute Gasteiger partial charge is 0.235 e. The maximum atomic E-state index is 5.38. The zero-order valence-corrected chi connectivity index (χ0v) is 25.4. The summed E-state index contributed by atoms with van der Waals surface area (Å²) in [7, 11) is 0. The first kappa shape index (κ1) is 26.0. The van der Waals surface area contributed by atoms with Crippen LogP contribution in [0.15, 0.2) is 158 Å². The van der Waals surface area contributed by atoms with Crippen molar-refractivity contribution >= 4 is 55.1 Å². The fourth-order valence-corrected chi connectivity index (χ4v) is 7.50. The Kier molecular flexibility index (Phi) is 5.57. The van der Waals surface area contributed by atoms with Crippen LogP contribution in [0.1, 0.15) is 16.7 Å².